The van der Waals surface area contributed by atoms with Crippen molar-refractivity contribution in [3.8, 4) is 11.4 Å². The summed E-state index contributed by atoms with van der Waals surface area (Å²) in [5.41, 5.74) is 1.16. The smallest absolute Gasteiger partial charge is 0.270 e. The Morgan fingerprint density at radius 2 is 1.93 bits per heavy atom. The zero-order valence-electron chi connectivity index (χ0n) is 14.9. The molecule has 3 aromatic rings. The van der Waals surface area contributed by atoms with Crippen LogP contribution >= 0.6 is 0 Å². The van der Waals surface area contributed by atoms with Crippen LogP contribution in [0.2, 0.25) is 0 Å². The molecule has 138 valence electrons. The lowest BCUT2D eigenvalue weighted by Gasteiger charge is -2.23. The standard InChI is InChI=1S/C20H21N5O2/c26-20(21-16-10-5-2-6-11-16)18(14-17-12-7-13-27-17)25-19(22-23-24-25)15-8-3-1-4-9-15/h1,3-4,7-9,12-14,16H,2,5-6,10-11H2,(H,21,26). The number of carbonyl (C=O) groups is 1. The molecule has 2 aromatic heterocycles. The van der Waals surface area contributed by atoms with Gasteiger partial charge in [-0.3, -0.25) is 4.79 Å². The average molecular weight is 363 g/mol. The number of hydrogen-bond acceptors (Lipinski definition) is 5. The van der Waals surface area contributed by atoms with E-state index in [9.17, 15) is 4.79 Å². The van der Waals surface area contributed by atoms with Crippen molar-refractivity contribution in [3.63, 3.8) is 0 Å². The van der Waals surface area contributed by atoms with Crippen LogP contribution in [0.4, 0.5) is 0 Å². The van der Waals surface area contributed by atoms with E-state index < -0.39 is 0 Å². The number of tetrazole rings is 1. The van der Waals surface area contributed by atoms with Gasteiger partial charge in [-0.25, -0.2) is 0 Å². The van der Waals surface area contributed by atoms with Gasteiger partial charge >= 0.3 is 0 Å². The Morgan fingerprint density at radius 1 is 1.11 bits per heavy atom. The van der Waals surface area contributed by atoms with Gasteiger partial charge in [0.05, 0.1) is 6.26 Å². The number of nitrogens with zero attached hydrogens (tertiary/aromatic N) is 4. The molecule has 0 bridgehead atoms. The molecule has 1 saturated carbocycles. The number of aromatic nitrogens is 4. The second-order valence-electron chi connectivity index (χ2n) is 6.63. The molecule has 1 fully saturated rings. The molecular weight excluding hydrogens is 342 g/mol. The minimum Gasteiger partial charge on any atom is -0.465 e. The first-order valence-corrected chi connectivity index (χ1v) is 9.21. The summed E-state index contributed by atoms with van der Waals surface area (Å²) in [6.07, 6.45) is 8.75. The molecule has 7 heteroatoms. The molecule has 4 rings (SSSR count). The van der Waals surface area contributed by atoms with Crippen molar-refractivity contribution in [2.45, 2.75) is 38.1 Å². The quantitative estimate of drug-likeness (QED) is 0.702. The van der Waals surface area contributed by atoms with E-state index >= 15 is 0 Å². The molecule has 0 atom stereocenters. The zero-order chi connectivity index (χ0) is 18.5. The topological polar surface area (TPSA) is 85.8 Å². The van der Waals surface area contributed by atoms with E-state index in [2.05, 4.69) is 20.8 Å². The second-order valence-corrected chi connectivity index (χ2v) is 6.63. The lowest BCUT2D eigenvalue weighted by Crippen LogP contribution is -2.37. The number of furan rings is 1. The van der Waals surface area contributed by atoms with Crippen LogP contribution in [0.25, 0.3) is 23.2 Å². The molecule has 27 heavy (non-hydrogen) atoms. The van der Waals surface area contributed by atoms with Crippen molar-refractivity contribution in [1.29, 1.82) is 0 Å². The lowest BCUT2D eigenvalue weighted by atomic mass is 9.95. The largest absolute Gasteiger partial charge is 0.465 e. The van der Waals surface area contributed by atoms with Crippen molar-refractivity contribution < 1.29 is 9.21 Å². The Bertz CT molecular complexity index is 909. The summed E-state index contributed by atoms with van der Waals surface area (Å²) < 4.78 is 6.88. The van der Waals surface area contributed by atoms with Crippen LogP contribution < -0.4 is 5.32 Å². The highest BCUT2D eigenvalue weighted by Crippen LogP contribution is 2.22. The van der Waals surface area contributed by atoms with E-state index in [0.717, 1.165) is 31.2 Å². The van der Waals surface area contributed by atoms with Gasteiger partial charge in [-0.1, -0.05) is 49.6 Å². The highest BCUT2D eigenvalue weighted by atomic mass is 16.3. The Kier molecular flexibility index (Phi) is 5.09. The van der Waals surface area contributed by atoms with Gasteiger partial charge in [-0.05, 0) is 35.4 Å². The molecule has 0 unspecified atom stereocenters. The summed E-state index contributed by atoms with van der Waals surface area (Å²) in [6, 6.07) is 13.3. The second kappa shape index (κ2) is 7.99. The molecule has 0 aliphatic heterocycles. The first-order valence-electron chi connectivity index (χ1n) is 9.21. The van der Waals surface area contributed by atoms with Gasteiger partial charge < -0.3 is 9.73 Å². The predicted molar refractivity (Wildman–Crippen MR) is 101 cm³/mol. The van der Waals surface area contributed by atoms with E-state index in [0.29, 0.717) is 17.3 Å². The van der Waals surface area contributed by atoms with Crippen LogP contribution in [-0.2, 0) is 4.79 Å². The summed E-state index contributed by atoms with van der Waals surface area (Å²) in [6.45, 7) is 0. The van der Waals surface area contributed by atoms with Crippen LogP contribution in [0.15, 0.2) is 53.1 Å². The Morgan fingerprint density at radius 3 is 2.67 bits per heavy atom. The summed E-state index contributed by atoms with van der Waals surface area (Å²) in [7, 11) is 0. The van der Waals surface area contributed by atoms with E-state index in [-0.39, 0.29) is 11.9 Å². The van der Waals surface area contributed by atoms with Crippen LogP contribution in [0.1, 0.15) is 37.9 Å². The number of carbonyl (C=O) groups excluding carboxylic acids is 1. The first-order chi connectivity index (χ1) is 13.3. The van der Waals surface area contributed by atoms with Crippen LogP contribution in [0.3, 0.4) is 0 Å². The third-order valence-corrected chi connectivity index (χ3v) is 4.72. The molecule has 0 radical (unpaired) electrons. The minimum atomic E-state index is -0.206. The van der Waals surface area contributed by atoms with Crippen molar-refractivity contribution in [2.75, 3.05) is 0 Å². The van der Waals surface area contributed by atoms with Gasteiger partial charge in [0.2, 0.25) is 0 Å². The van der Waals surface area contributed by atoms with E-state index in [1.165, 1.54) is 11.1 Å². The zero-order valence-corrected chi connectivity index (χ0v) is 14.9. The van der Waals surface area contributed by atoms with Gasteiger partial charge in [-0.2, -0.15) is 4.68 Å². The third-order valence-electron chi connectivity index (χ3n) is 4.72. The molecule has 0 spiro atoms. The van der Waals surface area contributed by atoms with Crippen molar-refractivity contribution in [1.82, 2.24) is 25.5 Å². The number of amides is 1. The molecule has 1 N–H and O–H groups in total. The molecule has 1 aliphatic rings. The normalized spacial score (nSPS) is 15.6. The highest BCUT2D eigenvalue weighted by molar-refractivity contribution is 6.18. The fourth-order valence-corrected chi connectivity index (χ4v) is 3.35. The van der Waals surface area contributed by atoms with Crippen molar-refractivity contribution in [2.24, 2.45) is 0 Å². The average Bonchev–Trinajstić information content (AvgIpc) is 3.39. The van der Waals surface area contributed by atoms with Gasteiger partial charge in [0.25, 0.3) is 5.91 Å². The number of benzene rings is 1. The summed E-state index contributed by atoms with van der Waals surface area (Å²) in [5.74, 6) is 0.869. The minimum absolute atomic E-state index is 0.183. The molecule has 2 heterocycles. The monoisotopic (exact) mass is 363 g/mol. The fraction of sp³-hybridized carbons (Fsp3) is 0.300. The maximum atomic E-state index is 13.1. The lowest BCUT2D eigenvalue weighted by molar-refractivity contribution is -0.116. The summed E-state index contributed by atoms with van der Waals surface area (Å²) in [5, 5.41) is 15.1. The van der Waals surface area contributed by atoms with E-state index in [1.54, 1.807) is 24.5 Å². The fourth-order valence-electron chi connectivity index (χ4n) is 3.35. The van der Waals surface area contributed by atoms with Crippen molar-refractivity contribution in [3.05, 3.63) is 54.5 Å². The maximum Gasteiger partial charge on any atom is 0.270 e. The molecule has 1 aromatic carbocycles. The predicted octanol–water partition coefficient (Wildman–Crippen LogP) is 3.38. The van der Waals surface area contributed by atoms with E-state index in [1.807, 2.05) is 30.3 Å². The molecule has 0 saturated heterocycles. The van der Waals surface area contributed by atoms with Gasteiger partial charge in [0.1, 0.15) is 11.5 Å². The van der Waals surface area contributed by atoms with Crippen LogP contribution in [0.5, 0.6) is 0 Å². The number of rotatable bonds is 5. The number of hydrogen-bond donors (Lipinski definition) is 1. The Labute approximate surface area is 157 Å². The van der Waals surface area contributed by atoms with Gasteiger partial charge in [0.15, 0.2) is 5.82 Å². The highest BCUT2D eigenvalue weighted by Gasteiger charge is 2.23. The summed E-state index contributed by atoms with van der Waals surface area (Å²) in [4.78, 5) is 13.1. The van der Waals surface area contributed by atoms with Crippen LogP contribution in [-0.4, -0.2) is 32.2 Å². The van der Waals surface area contributed by atoms with Gasteiger partial charge in [0, 0.05) is 17.7 Å². The SMILES string of the molecule is O=C(NC1CCCCC1)C(=Cc1ccco1)n1nnnc1-c1ccccc1. The molecule has 1 aliphatic carbocycles. The first kappa shape index (κ1) is 17.2. The van der Waals surface area contributed by atoms with E-state index in [4.69, 9.17) is 4.42 Å². The van der Waals surface area contributed by atoms with Crippen molar-refractivity contribution >= 4 is 17.7 Å². The Hall–Kier alpha value is -3.22. The molecular formula is C20H21N5O2. The summed E-state index contributed by atoms with van der Waals surface area (Å²) >= 11 is 0. The third kappa shape index (κ3) is 3.97. The van der Waals surface area contributed by atoms with Crippen LogP contribution in [0, 0.1) is 0 Å². The molecule has 1 amide bonds. The number of nitrogens with one attached hydrogen (secondary N) is 1. The Balaban J connectivity index is 1.69. The molecule has 7 nitrogen and oxygen atoms in total. The maximum absolute atomic E-state index is 13.1. The van der Waals surface area contributed by atoms with Gasteiger partial charge in [-0.15, -0.1) is 5.10 Å².